The number of H-pyrrole nitrogens is 1. The Bertz CT molecular complexity index is 951. The third-order valence-electron chi connectivity index (χ3n) is 4.48. The van der Waals surface area contributed by atoms with Gasteiger partial charge in [0, 0.05) is 18.7 Å². The largest absolute Gasteiger partial charge is 0.349 e. The number of fused-ring (bicyclic) bond motifs is 1. The molecule has 2 amide bonds. The summed E-state index contributed by atoms with van der Waals surface area (Å²) in [7, 11) is 0. The number of carbonyl (C=O) groups is 2. The Kier molecular flexibility index (Phi) is 4.12. The van der Waals surface area contributed by atoms with Crippen LogP contribution < -0.4 is 10.2 Å². The number of nitrogens with one attached hydrogen (secondary N) is 2. The van der Waals surface area contributed by atoms with Crippen molar-refractivity contribution in [3.8, 4) is 0 Å². The molecule has 7 heteroatoms. The lowest BCUT2D eigenvalue weighted by Gasteiger charge is -2.16. The Balaban J connectivity index is 1.40. The zero-order chi connectivity index (χ0) is 18.1. The van der Waals surface area contributed by atoms with Gasteiger partial charge in [-0.05, 0) is 30.3 Å². The third-order valence-corrected chi connectivity index (χ3v) is 4.48. The maximum absolute atomic E-state index is 13.4. The Morgan fingerprint density at radius 1 is 1.27 bits per heavy atom. The second-order valence-electron chi connectivity index (χ2n) is 6.30. The lowest BCUT2D eigenvalue weighted by Crippen LogP contribution is -2.32. The van der Waals surface area contributed by atoms with Gasteiger partial charge in [0.2, 0.25) is 11.8 Å². The number of nitrogens with zero attached hydrogens (tertiary/aromatic N) is 2. The van der Waals surface area contributed by atoms with E-state index >= 15 is 0 Å². The lowest BCUT2D eigenvalue weighted by molar-refractivity contribution is -0.126. The molecule has 0 aliphatic carbocycles. The van der Waals surface area contributed by atoms with Crippen LogP contribution in [0.25, 0.3) is 11.0 Å². The Morgan fingerprint density at radius 2 is 2.12 bits per heavy atom. The van der Waals surface area contributed by atoms with E-state index in [1.165, 1.54) is 17.0 Å². The van der Waals surface area contributed by atoms with Gasteiger partial charge < -0.3 is 15.2 Å². The summed E-state index contributed by atoms with van der Waals surface area (Å²) in [5.74, 6) is -0.605. The van der Waals surface area contributed by atoms with E-state index in [1.54, 1.807) is 12.1 Å². The van der Waals surface area contributed by atoms with Gasteiger partial charge in [-0.3, -0.25) is 9.59 Å². The number of carbonyl (C=O) groups excluding carboxylic acids is 2. The van der Waals surface area contributed by atoms with Gasteiger partial charge in [-0.25, -0.2) is 9.37 Å². The van der Waals surface area contributed by atoms with Crippen LogP contribution in [-0.4, -0.2) is 28.3 Å². The summed E-state index contributed by atoms with van der Waals surface area (Å²) in [5.41, 5.74) is 2.22. The Hall–Kier alpha value is -3.22. The standard InChI is InChI=1S/C19H17FN4O2/c20-13-4-3-5-14(9-13)24-11-12(8-18(24)25)19(26)21-10-17-22-15-6-1-2-7-16(15)23-17/h1-7,9,12H,8,10-11H2,(H,21,26)(H,22,23). The fourth-order valence-electron chi connectivity index (χ4n) is 3.18. The number of halogens is 1. The number of amides is 2. The van der Waals surface area contributed by atoms with Crippen molar-refractivity contribution in [2.45, 2.75) is 13.0 Å². The van der Waals surface area contributed by atoms with E-state index in [4.69, 9.17) is 0 Å². The van der Waals surface area contributed by atoms with Crippen molar-refractivity contribution in [2.75, 3.05) is 11.4 Å². The van der Waals surface area contributed by atoms with Gasteiger partial charge in [-0.2, -0.15) is 0 Å². The zero-order valence-corrected chi connectivity index (χ0v) is 13.9. The number of benzene rings is 2. The fourth-order valence-corrected chi connectivity index (χ4v) is 3.18. The molecule has 2 N–H and O–H groups in total. The molecule has 1 fully saturated rings. The molecule has 1 saturated heterocycles. The fraction of sp³-hybridized carbons (Fsp3) is 0.211. The van der Waals surface area contributed by atoms with Crippen LogP contribution in [0.5, 0.6) is 0 Å². The molecule has 2 heterocycles. The maximum atomic E-state index is 13.4. The predicted molar refractivity (Wildman–Crippen MR) is 94.8 cm³/mol. The van der Waals surface area contributed by atoms with Crippen LogP contribution in [-0.2, 0) is 16.1 Å². The highest BCUT2D eigenvalue weighted by atomic mass is 19.1. The van der Waals surface area contributed by atoms with Crippen LogP contribution in [0.2, 0.25) is 0 Å². The highest BCUT2D eigenvalue weighted by Crippen LogP contribution is 2.25. The average Bonchev–Trinajstić information content (AvgIpc) is 3.22. The van der Waals surface area contributed by atoms with Crippen LogP contribution in [0.4, 0.5) is 10.1 Å². The topological polar surface area (TPSA) is 78.1 Å². The highest BCUT2D eigenvalue weighted by molar-refractivity contribution is 6.00. The van der Waals surface area contributed by atoms with Gasteiger partial charge >= 0.3 is 0 Å². The molecular weight excluding hydrogens is 335 g/mol. The molecule has 1 aromatic heterocycles. The van der Waals surface area contributed by atoms with Gasteiger partial charge in [-0.1, -0.05) is 18.2 Å². The summed E-state index contributed by atoms with van der Waals surface area (Å²) >= 11 is 0. The zero-order valence-electron chi connectivity index (χ0n) is 13.9. The molecular formula is C19H17FN4O2. The second kappa shape index (κ2) is 6.59. The predicted octanol–water partition coefficient (Wildman–Crippen LogP) is 2.37. The van der Waals surface area contributed by atoms with Gasteiger partial charge in [0.1, 0.15) is 11.6 Å². The minimum Gasteiger partial charge on any atom is -0.349 e. The summed E-state index contributed by atoms with van der Waals surface area (Å²) in [6.07, 6.45) is 0.114. The van der Waals surface area contributed by atoms with E-state index in [-0.39, 0.29) is 31.3 Å². The van der Waals surface area contributed by atoms with E-state index in [0.717, 1.165) is 11.0 Å². The first kappa shape index (κ1) is 16.3. The van der Waals surface area contributed by atoms with Crippen molar-refractivity contribution < 1.29 is 14.0 Å². The molecule has 0 saturated carbocycles. The molecule has 1 unspecified atom stereocenters. The van der Waals surface area contributed by atoms with Crippen molar-refractivity contribution in [1.82, 2.24) is 15.3 Å². The minimum absolute atomic E-state index is 0.114. The average molecular weight is 352 g/mol. The number of anilines is 1. The van der Waals surface area contributed by atoms with Crippen molar-refractivity contribution in [3.63, 3.8) is 0 Å². The van der Waals surface area contributed by atoms with Crippen molar-refractivity contribution in [2.24, 2.45) is 5.92 Å². The number of aromatic amines is 1. The molecule has 0 bridgehead atoms. The molecule has 4 rings (SSSR count). The van der Waals surface area contributed by atoms with Crippen LogP contribution in [0.15, 0.2) is 48.5 Å². The van der Waals surface area contributed by atoms with Crippen LogP contribution in [0.1, 0.15) is 12.2 Å². The summed E-state index contributed by atoms with van der Waals surface area (Å²) in [5, 5.41) is 2.82. The van der Waals surface area contributed by atoms with E-state index < -0.39 is 11.7 Å². The highest BCUT2D eigenvalue weighted by Gasteiger charge is 2.35. The van der Waals surface area contributed by atoms with Crippen molar-refractivity contribution in [1.29, 1.82) is 0 Å². The van der Waals surface area contributed by atoms with Gasteiger partial charge in [0.15, 0.2) is 0 Å². The van der Waals surface area contributed by atoms with E-state index in [0.29, 0.717) is 11.5 Å². The lowest BCUT2D eigenvalue weighted by atomic mass is 10.1. The molecule has 0 spiro atoms. The van der Waals surface area contributed by atoms with E-state index in [9.17, 15) is 14.0 Å². The van der Waals surface area contributed by atoms with E-state index in [1.807, 2.05) is 24.3 Å². The van der Waals surface area contributed by atoms with Crippen LogP contribution in [0, 0.1) is 11.7 Å². The first-order valence-electron chi connectivity index (χ1n) is 8.37. The molecule has 1 aliphatic rings. The second-order valence-corrected chi connectivity index (χ2v) is 6.30. The summed E-state index contributed by atoms with van der Waals surface area (Å²) in [6.45, 7) is 0.506. The minimum atomic E-state index is -0.463. The maximum Gasteiger partial charge on any atom is 0.227 e. The first-order chi connectivity index (χ1) is 12.6. The molecule has 3 aromatic rings. The summed E-state index contributed by atoms with van der Waals surface area (Å²) < 4.78 is 13.4. The molecule has 0 radical (unpaired) electrons. The normalized spacial score (nSPS) is 17.0. The van der Waals surface area contributed by atoms with Crippen LogP contribution >= 0.6 is 0 Å². The van der Waals surface area contributed by atoms with Crippen molar-refractivity contribution >= 4 is 28.5 Å². The first-order valence-corrected chi connectivity index (χ1v) is 8.37. The van der Waals surface area contributed by atoms with Crippen LogP contribution in [0.3, 0.4) is 0 Å². The Labute approximate surface area is 149 Å². The number of imidazole rings is 1. The number of hydrogen-bond acceptors (Lipinski definition) is 3. The monoisotopic (exact) mass is 352 g/mol. The molecule has 6 nitrogen and oxygen atoms in total. The molecule has 1 aliphatic heterocycles. The van der Waals surface area contributed by atoms with E-state index in [2.05, 4.69) is 15.3 Å². The third kappa shape index (κ3) is 3.15. The van der Waals surface area contributed by atoms with Crippen molar-refractivity contribution in [3.05, 3.63) is 60.2 Å². The molecule has 26 heavy (non-hydrogen) atoms. The van der Waals surface area contributed by atoms with Gasteiger partial charge in [-0.15, -0.1) is 0 Å². The quantitative estimate of drug-likeness (QED) is 0.757. The molecule has 2 aromatic carbocycles. The number of aromatic nitrogens is 2. The molecule has 132 valence electrons. The Morgan fingerprint density at radius 3 is 2.92 bits per heavy atom. The summed E-state index contributed by atoms with van der Waals surface area (Å²) in [4.78, 5) is 33.6. The smallest absolute Gasteiger partial charge is 0.227 e. The molecule has 1 atom stereocenters. The SMILES string of the molecule is O=C(NCc1nc2ccccc2[nH]1)C1CC(=O)N(c2cccc(F)c2)C1. The van der Waals surface area contributed by atoms with Gasteiger partial charge in [0.25, 0.3) is 0 Å². The number of rotatable bonds is 4. The van der Waals surface area contributed by atoms with Gasteiger partial charge in [0.05, 0.1) is 23.5 Å². The number of hydrogen-bond donors (Lipinski definition) is 2. The number of para-hydroxylation sites is 2. The summed E-state index contributed by atoms with van der Waals surface area (Å²) in [6, 6.07) is 13.4.